The van der Waals surface area contributed by atoms with Crippen LogP contribution in [-0.2, 0) is 6.61 Å². The molecular formula is C15H12BrNO. The summed E-state index contributed by atoms with van der Waals surface area (Å²) in [5.41, 5.74) is 2.29. The number of benzene rings is 2. The lowest BCUT2D eigenvalue weighted by Gasteiger charge is -2.04. The summed E-state index contributed by atoms with van der Waals surface area (Å²) >= 11 is 3.47. The first-order chi connectivity index (χ1) is 8.83. The van der Waals surface area contributed by atoms with Gasteiger partial charge in [-0.2, -0.15) is 0 Å². The molecule has 0 spiro atoms. The van der Waals surface area contributed by atoms with E-state index in [0.717, 1.165) is 15.7 Å². The molecule has 18 heavy (non-hydrogen) atoms. The van der Waals surface area contributed by atoms with Gasteiger partial charge in [0, 0.05) is 27.1 Å². The van der Waals surface area contributed by atoms with Gasteiger partial charge in [0.15, 0.2) is 0 Å². The van der Waals surface area contributed by atoms with Gasteiger partial charge in [-0.1, -0.05) is 40.2 Å². The van der Waals surface area contributed by atoms with Crippen LogP contribution in [0.3, 0.4) is 0 Å². The number of rotatable bonds is 3. The van der Waals surface area contributed by atoms with Gasteiger partial charge in [0.2, 0.25) is 0 Å². The summed E-state index contributed by atoms with van der Waals surface area (Å²) in [5.74, 6) is 0.893. The topological polar surface area (TPSA) is 25.0 Å². The lowest BCUT2D eigenvalue weighted by atomic mass is 10.2. The molecule has 0 aliphatic carbocycles. The highest BCUT2D eigenvalue weighted by Gasteiger charge is 2.04. The van der Waals surface area contributed by atoms with Crippen LogP contribution in [0.25, 0.3) is 10.9 Å². The fourth-order valence-corrected chi connectivity index (χ4v) is 2.32. The van der Waals surface area contributed by atoms with E-state index < -0.39 is 0 Å². The van der Waals surface area contributed by atoms with E-state index in [1.165, 1.54) is 10.9 Å². The Bertz CT molecular complexity index is 661. The lowest BCUT2D eigenvalue weighted by Crippen LogP contribution is -1.93. The molecule has 0 bridgehead atoms. The zero-order valence-electron chi connectivity index (χ0n) is 9.69. The third-order valence-corrected chi connectivity index (χ3v) is 3.36. The van der Waals surface area contributed by atoms with E-state index in [-0.39, 0.29) is 0 Å². The Balaban J connectivity index is 1.83. The van der Waals surface area contributed by atoms with Crippen LogP contribution in [0, 0.1) is 0 Å². The molecule has 0 aliphatic rings. The highest BCUT2D eigenvalue weighted by molar-refractivity contribution is 9.10. The van der Waals surface area contributed by atoms with Gasteiger partial charge in [0.05, 0.1) is 0 Å². The molecule has 3 rings (SSSR count). The van der Waals surface area contributed by atoms with E-state index in [1.807, 2.05) is 42.6 Å². The van der Waals surface area contributed by atoms with E-state index in [1.54, 1.807) is 0 Å². The lowest BCUT2D eigenvalue weighted by molar-refractivity contribution is 0.307. The predicted molar refractivity (Wildman–Crippen MR) is 76.8 cm³/mol. The predicted octanol–water partition coefficient (Wildman–Crippen LogP) is 4.51. The number of ether oxygens (including phenoxy) is 1. The first-order valence-corrected chi connectivity index (χ1v) is 6.55. The molecule has 3 aromatic rings. The fraction of sp³-hybridized carbons (Fsp3) is 0.0667. The molecule has 1 aromatic heterocycles. The molecule has 0 fully saturated rings. The number of nitrogens with one attached hydrogen (secondary N) is 1. The van der Waals surface area contributed by atoms with Gasteiger partial charge in [-0.15, -0.1) is 0 Å². The Morgan fingerprint density at radius 2 is 1.89 bits per heavy atom. The number of para-hydroxylation sites is 1. The monoisotopic (exact) mass is 301 g/mol. The number of H-pyrrole nitrogens is 1. The molecule has 0 atom stereocenters. The summed E-state index contributed by atoms with van der Waals surface area (Å²) in [4.78, 5) is 3.26. The summed E-state index contributed by atoms with van der Waals surface area (Å²) < 4.78 is 6.83. The van der Waals surface area contributed by atoms with Crippen molar-refractivity contribution in [1.82, 2.24) is 4.98 Å². The molecule has 0 saturated heterocycles. The van der Waals surface area contributed by atoms with Gasteiger partial charge in [-0.25, -0.2) is 0 Å². The van der Waals surface area contributed by atoms with E-state index in [0.29, 0.717) is 6.61 Å². The Morgan fingerprint density at radius 1 is 1.06 bits per heavy atom. The average molecular weight is 302 g/mol. The number of halogens is 1. The Labute approximate surface area is 114 Å². The SMILES string of the molecule is Brc1ccc2c(COc3ccccc3)c[nH]c2c1. The van der Waals surface area contributed by atoms with Gasteiger partial charge in [-0.05, 0) is 24.3 Å². The van der Waals surface area contributed by atoms with Crippen molar-refractivity contribution in [3.05, 3.63) is 64.8 Å². The molecule has 0 saturated carbocycles. The summed E-state index contributed by atoms with van der Waals surface area (Å²) in [6, 6.07) is 16.1. The smallest absolute Gasteiger partial charge is 0.119 e. The summed E-state index contributed by atoms with van der Waals surface area (Å²) in [6.45, 7) is 0.575. The molecule has 0 aliphatic heterocycles. The van der Waals surface area contributed by atoms with Crippen LogP contribution in [0.1, 0.15) is 5.56 Å². The number of aromatic nitrogens is 1. The van der Waals surface area contributed by atoms with Crippen molar-refractivity contribution in [1.29, 1.82) is 0 Å². The second kappa shape index (κ2) is 4.86. The normalized spacial score (nSPS) is 10.7. The maximum Gasteiger partial charge on any atom is 0.119 e. The number of aromatic amines is 1. The van der Waals surface area contributed by atoms with E-state index >= 15 is 0 Å². The maximum atomic E-state index is 5.76. The molecule has 1 N–H and O–H groups in total. The van der Waals surface area contributed by atoms with Crippen LogP contribution in [0.2, 0.25) is 0 Å². The van der Waals surface area contributed by atoms with Crippen molar-refractivity contribution in [2.45, 2.75) is 6.61 Å². The van der Waals surface area contributed by atoms with Crippen molar-refractivity contribution in [3.8, 4) is 5.75 Å². The first kappa shape index (κ1) is 11.4. The number of hydrogen-bond donors (Lipinski definition) is 1. The third-order valence-electron chi connectivity index (χ3n) is 2.87. The largest absolute Gasteiger partial charge is 0.489 e. The molecule has 0 amide bonds. The minimum absolute atomic E-state index is 0.575. The second-order valence-corrected chi connectivity index (χ2v) is 5.02. The second-order valence-electron chi connectivity index (χ2n) is 4.11. The first-order valence-electron chi connectivity index (χ1n) is 5.76. The van der Waals surface area contributed by atoms with Crippen molar-refractivity contribution < 1.29 is 4.74 Å². The number of fused-ring (bicyclic) bond motifs is 1. The molecular weight excluding hydrogens is 290 g/mol. The maximum absolute atomic E-state index is 5.76. The van der Waals surface area contributed by atoms with Gasteiger partial charge in [0.1, 0.15) is 12.4 Å². The minimum atomic E-state index is 0.575. The Kier molecular flexibility index (Phi) is 3.07. The molecule has 0 radical (unpaired) electrons. The minimum Gasteiger partial charge on any atom is -0.489 e. The van der Waals surface area contributed by atoms with Gasteiger partial charge < -0.3 is 9.72 Å². The quantitative estimate of drug-likeness (QED) is 0.756. The van der Waals surface area contributed by atoms with Crippen LogP contribution < -0.4 is 4.74 Å². The van der Waals surface area contributed by atoms with Gasteiger partial charge in [0.25, 0.3) is 0 Å². The van der Waals surface area contributed by atoms with E-state index in [4.69, 9.17) is 4.74 Å². The summed E-state index contributed by atoms with van der Waals surface area (Å²) in [5, 5.41) is 1.20. The summed E-state index contributed by atoms with van der Waals surface area (Å²) in [7, 11) is 0. The zero-order chi connectivity index (χ0) is 12.4. The van der Waals surface area contributed by atoms with Crippen molar-refractivity contribution >= 4 is 26.8 Å². The number of hydrogen-bond acceptors (Lipinski definition) is 1. The van der Waals surface area contributed by atoms with Crippen LogP contribution in [0.4, 0.5) is 0 Å². The van der Waals surface area contributed by atoms with Crippen LogP contribution in [0.5, 0.6) is 5.75 Å². The Hall–Kier alpha value is -1.74. The van der Waals surface area contributed by atoms with Gasteiger partial charge >= 0.3 is 0 Å². The van der Waals surface area contributed by atoms with E-state index in [9.17, 15) is 0 Å². The molecule has 2 nitrogen and oxygen atoms in total. The Morgan fingerprint density at radius 3 is 2.72 bits per heavy atom. The molecule has 1 heterocycles. The molecule has 0 unspecified atom stereocenters. The van der Waals surface area contributed by atoms with Crippen LogP contribution >= 0.6 is 15.9 Å². The van der Waals surface area contributed by atoms with Crippen molar-refractivity contribution in [2.75, 3.05) is 0 Å². The molecule has 90 valence electrons. The fourth-order valence-electron chi connectivity index (χ4n) is 1.96. The summed E-state index contributed by atoms with van der Waals surface area (Å²) in [6.07, 6.45) is 2.00. The van der Waals surface area contributed by atoms with Crippen LogP contribution in [-0.4, -0.2) is 4.98 Å². The van der Waals surface area contributed by atoms with Crippen LogP contribution in [0.15, 0.2) is 59.2 Å². The highest BCUT2D eigenvalue weighted by Crippen LogP contribution is 2.23. The molecule has 3 heteroatoms. The van der Waals surface area contributed by atoms with Crippen molar-refractivity contribution in [2.24, 2.45) is 0 Å². The van der Waals surface area contributed by atoms with Gasteiger partial charge in [-0.3, -0.25) is 0 Å². The average Bonchev–Trinajstić information content (AvgIpc) is 2.80. The zero-order valence-corrected chi connectivity index (χ0v) is 11.3. The van der Waals surface area contributed by atoms with Crippen molar-refractivity contribution in [3.63, 3.8) is 0 Å². The van der Waals surface area contributed by atoms with E-state index in [2.05, 4.69) is 33.0 Å². The standard InChI is InChI=1S/C15H12BrNO/c16-12-6-7-14-11(9-17-15(14)8-12)10-18-13-4-2-1-3-5-13/h1-9,17H,10H2. The third kappa shape index (κ3) is 2.27. The highest BCUT2D eigenvalue weighted by atomic mass is 79.9. The molecule has 2 aromatic carbocycles.